The van der Waals surface area contributed by atoms with Gasteiger partial charge >= 0.3 is 0 Å². The van der Waals surface area contributed by atoms with Crippen molar-refractivity contribution in [2.24, 2.45) is 5.73 Å². The summed E-state index contributed by atoms with van der Waals surface area (Å²) in [5.74, 6) is -0.0188. The van der Waals surface area contributed by atoms with Crippen LogP contribution in [-0.4, -0.2) is 31.3 Å². The number of primary amides is 1. The fraction of sp³-hybridized carbons (Fsp3) is 0.286. The molecule has 0 bridgehead atoms. The number of benzene rings is 1. The average molecular weight is 298 g/mol. The molecule has 0 saturated heterocycles. The van der Waals surface area contributed by atoms with E-state index in [-0.39, 0.29) is 5.78 Å². The van der Waals surface area contributed by atoms with Crippen molar-refractivity contribution in [1.29, 1.82) is 0 Å². The number of hydrogen-bond donors (Lipinski definition) is 1. The fourth-order valence-corrected chi connectivity index (χ4v) is 1.64. The predicted molar refractivity (Wildman–Crippen MR) is 76.5 cm³/mol. The lowest BCUT2D eigenvalue weighted by atomic mass is 10.1. The number of nitrogens with two attached hydrogens (primary N) is 1. The van der Waals surface area contributed by atoms with Crippen LogP contribution in [0.15, 0.2) is 29.8 Å². The van der Waals surface area contributed by atoms with Crippen molar-refractivity contribution in [3.8, 4) is 11.5 Å². The van der Waals surface area contributed by atoms with Crippen molar-refractivity contribution < 1.29 is 19.1 Å². The van der Waals surface area contributed by atoms with Crippen molar-refractivity contribution in [3.63, 3.8) is 0 Å². The van der Waals surface area contributed by atoms with Crippen molar-refractivity contribution >= 4 is 23.3 Å². The lowest BCUT2D eigenvalue weighted by Crippen LogP contribution is -2.24. The molecule has 0 spiro atoms. The summed E-state index contributed by atoms with van der Waals surface area (Å²) >= 11 is 5.76. The van der Waals surface area contributed by atoms with Gasteiger partial charge in [-0.15, -0.1) is 11.6 Å². The van der Waals surface area contributed by atoms with Crippen LogP contribution < -0.4 is 15.2 Å². The third-order valence-electron chi connectivity index (χ3n) is 2.68. The van der Waals surface area contributed by atoms with Crippen LogP contribution in [0.4, 0.5) is 0 Å². The summed E-state index contributed by atoms with van der Waals surface area (Å²) in [7, 11) is 2.99. The summed E-state index contributed by atoms with van der Waals surface area (Å²) in [6.07, 6.45) is 1.28. The van der Waals surface area contributed by atoms with Gasteiger partial charge in [0, 0.05) is 5.56 Å². The van der Waals surface area contributed by atoms with Gasteiger partial charge in [0.2, 0.25) is 5.91 Å². The van der Waals surface area contributed by atoms with E-state index < -0.39 is 11.3 Å². The zero-order chi connectivity index (χ0) is 15.3. The quantitative estimate of drug-likeness (QED) is 0.494. The number of carbonyl (C=O) groups is 2. The number of amides is 1. The lowest BCUT2D eigenvalue weighted by molar-refractivity contribution is -0.117. The molecule has 1 aromatic rings. The summed E-state index contributed by atoms with van der Waals surface area (Å²) < 4.78 is 10.2. The Balaban J connectivity index is 3.04. The predicted octanol–water partition coefficient (Wildman–Crippen LogP) is 1.93. The number of ether oxygens (including phenoxy) is 2. The highest BCUT2D eigenvalue weighted by Crippen LogP contribution is 2.28. The van der Waals surface area contributed by atoms with Gasteiger partial charge in [-0.1, -0.05) is 0 Å². The van der Waals surface area contributed by atoms with Crippen LogP contribution in [0.3, 0.4) is 0 Å². The van der Waals surface area contributed by atoms with Gasteiger partial charge in [-0.05, 0) is 36.8 Å². The molecule has 1 atom stereocenters. The number of ketones is 1. The van der Waals surface area contributed by atoms with E-state index in [1.54, 1.807) is 25.1 Å². The third kappa shape index (κ3) is 3.74. The largest absolute Gasteiger partial charge is 0.493 e. The standard InChI is InChI=1S/C14H16ClNO4/c1-8(13(15)14(16)18)6-10(17)9-4-5-11(19-2)12(7-9)20-3/h4-7,13H,1-3H3,(H2,16,18)/b8-6+. The molecule has 6 heteroatoms. The molecule has 0 heterocycles. The Morgan fingerprint density at radius 1 is 1.25 bits per heavy atom. The summed E-state index contributed by atoms with van der Waals surface area (Å²) in [5, 5.41) is -1.00. The van der Waals surface area contributed by atoms with Gasteiger partial charge in [-0.25, -0.2) is 0 Å². The van der Waals surface area contributed by atoms with E-state index in [2.05, 4.69) is 0 Å². The van der Waals surface area contributed by atoms with Crippen molar-refractivity contribution in [1.82, 2.24) is 0 Å². The second-order valence-electron chi connectivity index (χ2n) is 4.09. The number of alkyl halides is 1. The maximum Gasteiger partial charge on any atom is 0.239 e. The molecule has 0 aliphatic rings. The highest BCUT2D eigenvalue weighted by molar-refractivity contribution is 6.32. The maximum absolute atomic E-state index is 12.1. The number of rotatable bonds is 6. The Labute approximate surface area is 122 Å². The summed E-state index contributed by atoms with van der Waals surface area (Å²) in [6, 6.07) is 4.78. The van der Waals surface area contributed by atoms with E-state index in [9.17, 15) is 9.59 Å². The van der Waals surface area contributed by atoms with E-state index in [0.29, 0.717) is 22.6 Å². The molecule has 0 fully saturated rings. The Hall–Kier alpha value is -2.01. The second kappa shape index (κ2) is 6.96. The molecule has 1 rings (SSSR count). The average Bonchev–Trinajstić information content (AvgIpc) is 2.45. The van der Waals surface area contributed by atoms with E-state index in [0.717, 1.165) is 0 Å². The first kappa shape index (κ1) is 16.0. The van der Waals surface area contributed by atoms with Gasteiger partial charge in [0.25, 0.3) is 0 Å². The maximum atomic E-state index is 12.1. The van der Waals surface area contributed by atoms with Gasteiger partial charge in [-0.2, -0.15) is 0 Å². The highest BCUT2D eigenvalue weighted by Gasteiger charge is 2.15. The van der Waals surface area contributed by atoms with Gasteiger partial charge in [0.05, 0.1) is 14.2 Å². The van der Waals surface area contributed by atoms with Gasteiger partial charge in [0.1, 0.15) is 5.38 Å². The molecule has 0 aliphatic heterocycles. The number of methoxy groups -OCH3 is 2. The minimum Gasteiger partial charge on any atom is -0.493 e. The van der Waals surface area contributed by atoms with Crippen molar-refractivity contribution in [2.75, 3.05) is 14.2 Å². The van der Waals surface area contributed by atoms with E-state index in [4.69, 9.17) is 26.8 Å². The normalized spacial score (nSPS) is 12.7. The minimum atomic E-state index is -1.00. The molecule has 2 N–H and O–H groups in total. The second-order valence-corrected chi connectivity index (χ2v) is 4.52. The Bertz CT molecular complexity index is 554. The fourth-order valence-electron chi connectivity index (χ4n) is 1.58. The molecule has 0 aliphatic carbocycles. The van der Waals surface area contributed by atoms with Crippen LogP contribution in [0, 0.1) is 0 Å². The smallest absolute Gasteiger partial charge is 0.239 e. The Morgan fingerprint density at radius 2 is 1.85 bits per heavy atom. The zero-order valence-corrected chi connectivity index (χ0v) is 12.2. The molecular weight excluding hydrogens is 282 g/mol. The Kier molecular flexibility index (Phi) is 5.58. The molecule has 0 radical (unpaired) electrons. The van der Waals surface area contributed by atoms with Crippen molar-refractivity contribution in [2.45, 2.75) is 12.3 Å². The topological polar surface area (TPSA) is 78.6 Å². The number of hydrogen-bond acceptors (Lipinski definition) is 4. The molecule has 20 heavy (non-hydrogen) atoms. The van der Waals surface area contributed by atoms with Crippen LogP contribution in [0.25, 0.3) is 0 Å². The van der Waals surface area contributed by atoms with Crippen LogP contribution >= 0.6 is 11.6 Å². The molecule has 108 valence electrons. The third-order valence-corrected chi connectivity index (χ3v) is 3.24. The van der Waals surface area contributed by atoms with Crippen LogP contribution in [-0.2, 0) is 4.79 Å². The Morgan fingerprint density at radius 3 is 2.35 bits per heavy atom. The minimum absolute atomic E-state index is 0.296. The summed E-state index contributed by atoms with van der Waals surface area (Å²) in [6.45, 7) is 1.57. The van der Waals surface area contributed by atoms with E-state index in [1.165, 1.54) is 20.3 Å². The van der Waals surface area contributed by atoms with Gasteiger partial charge in [-0.3, -0.25) is 9.59 Å². The highest BCUT2D eigenvalue weighted by atomic mass is 35.5. The first-order chi connectivity index (χ1) is 9.40. The summed E-state index contributed by atoms with van der Waals surface area (Å²) in [5.41, 5.74) is 5.86. The molecule has 1 unspecified atom stereocenters. The first-order valence-electron chi connectivity index (χ1n) is 5.78. The van der Waals surface area contributed by atoms with Crippen molar-refractivity contribution in [3.05, 3.63) is 35.4 Å². The van der Waals surface area contributed by atoms with Crippen LogP contribution in [0.5, 0.6) is 11.5 Å². The van der Waals surface area contributed by atoms with E-state index >= 15 is 0 Å². The zero-order valence-electron chi connectivity index (χ0n) is 11.5. The summed E-state index contributed by atoms with van der Waals surface area (Å²) in [4.78, 5) is 23.0. The molecule has 5 nitrogen and oxygen atoms in total. The molecule has 1 aromatic carbocycles. The number of allylic oxidation sites excluding steroid dienone is 1. The number of halogens is 1. The van der Waals surface area contributed by atoms with Crippen LogP contribution in [0.2, 0.25) is 0 Å². The van der Waals surface area contributed by atoms with Gasteiger partial charge in [0.15, 0.2) is 17.3 Å². The monoisotopic (exact) mass is 297 g/mol. The number of carbonyl (C=O) groups excluding carboxylic acids is 2. The SMILES string of the molecule is COc1ccc(C(=O)/C=C(\C)C(Cl)C(N)=O)cc1OC. The van der Waals surface area contributed by atoms with E-state index in [1.807, 2.05) is 0 Å². The van der Waals surface area contributed by atoms with Gasteiger partial charge < -0.3 is 15.2 Å². The lowest BCUT2D eigenvalue weighted by Gasteiger charge is -2.09. The molecule has 0 saturated carbocycles. The van der Waals surface area contributed by atoms with Crippen LogP contribution in [0.1, 0.15) is 17.3 Å². The molecule has 1 amide bonds. The molecular formula is C14H16ClNO4. The molecule has 0 aromatic heterocycles. The first-order valence-corrected chi connectivity index (χ1v) is 6.22.